The van der Waals surface area contributed by atoms with Gasteiger partial charge in [-0.25, -0.2) is 4.68 Å². The largest absolute Gasteiger partial charge is 0.390 e. The summed E-state index contributed by atoms with van der Waals surface area (Å²) < 4.78 is 1.86. The number of aliphatic hydroxyl groups excluding tert-OH is 1. The summed E-state index contributed by atoms with van der Waals surface area (Å²) in [7, 11) is 2.10. The van der Waals surface area contributed by atoms with Gasteiger partial charge in [0.05, 0.1) is 18.8 Å². The van der Waals surface area contributed by atoms with Crippen molar-refractivity contribution in [1.29, 1.82) is 0 Å². The lowest BCUT2D eigenvalue weighted by atomic mass is 10.3. The Bertz CT molecular complexity index is 285. The molecule has 1 fully saturated rings. The van der Waals surface area contributed by atoms with Crippen molar-refractivity contribution in [3.05, 3.63) is 11.9 Å². The van der Waals surface area contributed by atoms with Crippen LogP contribution in [-0.4, -0.2) is 45.1 Å². The summed E-state index contributed by atoms with van der Waals surface area (Å²) in [6, 6.07) is 0.429. The highest BCUT2D eigenvalue weighted by molar-refractivity contribution is 4.92. The van der Waals surface area contributed by atoms with E-state index in [1.807, 2.05) is 10.9 Å². The maximum Gasteiger partial charge on any atom is 0.108 e. The van der Waals surface area contributed by atoms with Gasteiger partial charge in [0.15, 0.2) is 0 Å². The zero-order valence-electron chi connectivity index (χ0n) is 7.72. The Labute approximate surface area is 77.0 Å². The molecule has 0 radical (unpaired) electrons. The van der Waals surface area contributed by atoms with Gasteiger partial charge in [-0.05, 0) is 20.0 Å². The van der Waals surface area contributed by atoms with Crippen molar-refractivity contribution in [3.63, 3.8) is 0 Å². The lowest BCUT2D eigenvalue weighted by Crippen LogP contribution is -2.16. The number of likely N-dealkylation sites (N-methyl/N-ethyl adjacent to an activating group) is 1. The molecule has 1 aliphatic heterocycles. The Balaban J connectivity index is 2.08. The monoisotopic (exact) mass is 182 g/mol. The van der Waals surface area contributed by atoms with Gasteiger partial charge in [-0.1, -0.05) is 5.21 Å². The van der Waals surface area contributed by atoms with Gasteiger partial charge in [0, 0.05) is 6.54 Å². The highest BCUT2D eigenvalue weighted by Crippen LogP contribution is 2.18. The van der Waals surface area contributed by atoms with Gasteiger partial charge in [-0.3, -0.25) is 0 Å². The average Bonchev–Trinajstić information content (AvgIpc) is 2.71. The molecule has 1 atom stereocenters. The molecule has 1 N–H and O–H groups in total. The molecule has 2 rings (SSSR count). The maximum absolute atomic E-state index is 8.82. The Kier molecular flexibility index (Phi) is 2.28. The molecule has 1 saturated heterocycles. The predicted molar refractivity (Wildman–Crippen MR) is 47.1 cm³/mol. The molecule has 5 nitrogen and oxygen atoms in total. The van der Waals surface area contributed by atoms with Crippen molar-refractivity contribution >= 4 is 0 Å². The molecular formula is C8H14N4O. The molecule has 0 amide bonds. The Morgan fingerprint density at radius 1 is 1.69 bits per heavy atom. The van der Waals surface area contributed by atoms with E-state index in [0.29, 0.717) is 11.7 Å². The second kappa shape index (κ2) is 3.43. The predicted octanol–water partition coefficient (Wildman–Crippen LogP) is -0.353. The molecule has 0 aliphatic carbocycles. The molecule has 0 bridgehead atoms. The fourth-order valence-electron chi connectivity index (χ4n) is 1.69. The van der Waals surface area contributed by atoms with Crippen LogP contribution in [0.3, 0.4) is 0 Å². The van der Waals surface area contributed by atoms with E-state index in [2.05, 4.69) is 22.3 Å². The van der Waals surface area contributed by atoms with Crippen LogP contribution in [0.2, 0.25) is 0 Å². The Morgan fingerprint density at radius 2 is 2.54 bits per heavy atom. The molecule has 1 aromatic heterocycles. The molecule has 1 unspecified atom stereocenters. The molecular weight excluding hydrogens is 168 g/mol. The van der Waals surface area contributed by atoms with Crippen molar-refractivity contribution in [2.24, 2.45) is 0 Å². The highest BCUT2D eigenvalue weighted by Gasteiger charge is 2.21. The second-order valence-electron chi connectivity index (χ2n) is 3.55. The van der Waals surface area contributed by atoms with Gasteiger partial charge in [-0.2, -0.15) is 0 Å². The van der Waals surface area contributed by atoms with Crippen LogP contribution >= 0.6 is 0 Å². The standard InChI is InChI=1S/C8H14N4O/c1-11-3-2-8(5-11)12-4-7(6-13)9-10-12/h4,8,13H,2-3,5-6H2,1H3. The zero-order chi connectivity index (χ0) is 9.26. The number of likely N-dealkylation sites (tertiary alicyclic amines) is 1. The van der Waals surface area contributed by atoms with Crippen molar-refractivity contribution < 1.29 is 5.11 Å². The van der Waals surface area contributed by atoms with Crippen molar-refractivity contribution in [2.45, 2.75) is 19.1 Å². The molecule has 13 heavy (non-hydrogen) atoms. The first-order valence-electron chi connectivity index (χ1n) is 4.49. The van der Waals surface area contributed by atoms with E-state index >= 15 is 0 Å². The summed E-state index contributed by atoms with van der Waals surface area (Å²) in [6.45, 7) is 2.11. The van der Waals surface area contributed by atoms with E-state index in [4.69, 9.17) is 5.11 Å². The minimum atomic E-state index is -0.0252. The molecule has 1 aliphatic rings. The Morgan fingerprint density at radius 3 is 3.08 bits per heavy atom. The van der Waals surface area contributed by atoms with Crippen LogP contribution in [0.5, 0.6) is 0 Å². The van der Waals surface area contributed by atoms with E-state index in [-0.39, 0.29) is 6.61 Å². The summed E-state index contributed by atoms with van der Waals surface area (Å²) in [5.41, 5.74) is 0.648. The van der Waals surface area contributed by atoms with Crippen LogP contribution in [0.1, 0.15) is 18.2 Å². The number of hydrogen-bond acceptors (Lipinski definition) is 4. The lowest BCUT2D eigenvalue weighted by Gasteiger charge is -2.09. The first-order valence-corrected chi connectivity index (χ1v) is 4.49. The van der Waals surface area contributed by atoms with Crippen LogP contribution < -0.4 is 0 Å². The van der Waals surface area contributed by atoms with Gasteiger partial charge < -0.3 is 10.0 Å². The molecule has 5 heteroatoms. The molecule has 0 aromatic carbocycles. The fraction of sp³-hybridized carbons (Fsp3) is 0.750. The normalized spacial score (nSPS) is 24.0. The molecule has 0 spiro atoms. The van der Waals surface area contributed by atoms with Crippen LogP contribution in [-0.2, 0) is 6.61 Å². The number of aromatic nitrogens is 3. The van der Waals surface area contributed by atoms with Crippen LogP contribution in [0.25, 0.3) is 0 Å². The molecule has 1 aromatic rings. The Hall–Kier alpha value is -0.940. The van der Waals surface area contributed by atoms with Gasteiger partial charge in [0.2, 0.25) is 0 Å². The second-order valence-corrected chi connectivity index (χ2v) is 3.55. The topological polar surface area (TPSA) is 54.2 Å². The van der Waals surface area contributed by atoms with E-state index in [0.717, 1.165) is 19.5 Å². The molecule has 72 valence electrons. The van der Waals surface area contributed by atoms with Gasteiger partial charge in [0.1, 0.15) is 5.69 Å². The van der Waals surface area contributed by atoms with Crippen molar-refractivity contribution in [2.75, 3.05) is 20.1 Å². The first-order chi connectivity index (χ1) is 6.29. The minimum absolute atomic E-state index is 0.0252. The average molecular weight is 182 g/mol. The quantitative estimate of drug-likeness (QED) is 0.679. The third-order valence-electron chi connectivity index (χ3n) is 2.46. The van der Waals surface area contributed by atoms with E-state index < -0.39 is 0 Å². The van der Waals surface area contributed by atoms with E-state index in [9.17, 15) is 0 Å². The number of nitrogens with zero attached hydrogens (tertiary/aromatic N) is 4. The SMILES string of the molecule is CN1CCC(n2cc(CO)nn2)C1. The third-order valence-corrected chi connectivity index (χ3v) is 2.46. The third kappa shape index (κ3) is 1.71. The van der Waals surface area contributed by atoms with E-state index in [1.54, 1.807) is 0 Å². The van der Waals surface area contributed by atoms with Crippen LogP contribution in [0, 0.1) is 0 Å². The van der Waals surface area contributed by atoms with Gasteiger partial charge >= 0.3 is 0 Å². The van der Waals surface area contributed by atoms with Crippen molar-refractivity contribution in [1.82, 2.24) is 19.9 Å². The van der Waals surface area contributed by atoms with Crippen molar-refractivity contribution in [3.8, 4) is 0 Å². The fourth-order valence-corrected chi connectivity index (χ4v) is 1.69. The summed E-state index contributed by atoms with van der Waals surface area (Å²) in [5, 5.41) is 16.7. The number of aliphatic hydroxyl groups is 1. The summed E-state index contributed by atoms with van der Waals surface area (Å²) in [5.74, 6) is 0. The molecule has 2 heterocycles. The van der Waals surface area contributed by atoms with Crippen LogP contribution in [0.4, 0.5) is 0 Å². The summed E-state index contributed by atoms with van der Waals surface area (Å²) in [6.07, 6.45) is 2.94. The summed E-state index contributed by atoms with van der Waals surface area (Å²) >= 11 is 0. The van der Waals surface area contributed by atoms with Gasteiger partial charge in [0.25, 0.3) is 0 Å². The summed E-state index contributed by atoms with van der Waals surface area (Å²) in [4.78, 5) is 2.27. The maximum atomic E-state index is 8.82. The molecule has 0 saturated carbocycles. The zero-order valence-corrected chi connectivity index (χ0v) is 7.72. The minimum Gasteiger partial charge on any atom is -0.390 e. The number of rotatable bonds is 2. The number of hydrogen-bond donors (Lipinski definition) is 1. The highest BCUT2D eigenvalue weighted by atomic mass is 16.3. The van der Waals surface area contributed by atoms with E-state index in [1.165, 1.54) is 0 Å². The lowest BCUT2D eigenvalue weighted by molar-refractivity contribution is 0.276. The smallest absolute Gasteiger partial charge is 0.108 e. The van der Waals surface area contributed by atoms with Crippen LogP contribution in [0.15, 0.2) is 6.20 Å². The first kappa shape index (κ1) is 8.65. The van der Waals surface area contributed by atoms with Gasteiger partial charge in [-0.15, -0.1) is 5.10 Å².